The van der Waals surface area contributed by atoms with Gasteiger partial charge in [0.15, 0.2) is 0 Å². The van der Waals surface area contributed by atoms with Crippen molar-refractivity contribution in [3.05, 3.63) is 65.7 Å². The van der Waals surface area contributed by atoms with Gasteiger partial charge in [-0.05, 0) is 29.0 Å². The van der Waals surface area contributed by atoms with Crippen LogP contribution >= 0.6 is 11.8 Å². The highest BCUT2D eigenvalue weighted by molar-refractivity contribution is 7.99. The molecule has 21 heavy (non-hydrogen) atoms. The number of benzene rings is 2. The van der Waals surface area contributed by atoms with Crippen molar-refractivity contribution in [3.8, 4) is 0 Å². The molecule has 0 amide bonds. The Morgan fingerprint density at radius 3 is 2.24 bits per heavy atom. The number of rotatable bonds is 7. The van der Waals surface area contributed by atoms with E-state index in [2.05, 4.69) is 11.6 Å². The van der Waals surface area contributed by atoms with Crippen molar-refractivity contribution < 1.29 is 8.42 Å². The second-order valence-corrected chi connectivity index (χ2v) is 7.79. The van der Waals surface area contributed by atoms with Gasteiger partial charge in [-0.3, -0.25) is 0 Å². The van der Waals surface area contributed by atoms with Gasteiger partial charge >= 0.3 is 0 Å². The van der Waals surface area contributed by atoms with Crippen molar-refractivity contribution in [1.29, 1.82) is 0 Å². The lowest BCUT2D eigenvalue weighted by atomic mass is 10.2. The minimum Gasteiger partial charge on any atom is -0.212 e. The number of sulfonamides is 1. The van der Waals surface area contributed by atoms with Crippen molar-refractivity contribution >= 4 is 21.8 Å². The van der Waals surface area contributed by atoms with E-state index in [1.165, 1.54) is 4.90 Å². The van der Waals surface area contributed by atoms with E-state index in [-0.39, 0.29) is 5.75 Å². The van der Waals surface area contributed by atoms with Crippen LogP contribution in [0.3, 0.4) is 0 Å². The maximum Gasteiger partial charge on any atom is 0.216 e. The fraction of sp³-hybridized carbons (Fsp3) is 0.250. The van der Waals surface area contributed by atoms with Gasteiger partial charge < -0.3 is 0 Å². The summed E-state index contributed by atoms with van der Waals surface area (Å²) in [6.07, 6.45) is 0. The molecule has 2 aromatic rings. The van der Waals surface area contributed by atoms with Crippen molar-refractivity contribution in [2.75, 3.05) is 5.75 Å². The first-order chi connectivity index (χ1) is 10.1. The van der Waals surface area contributed by atoms with Gasteiger partial charge in [-0.1, -0.05) is 49.4 Å². The molecular formula is C16H19NO2S2. The van der Waals surface area contributed by atoms with Crippen LogP contribution in [-0.4, -0.2) is 14.2 Å². The molecule has 2 aromatic carbocycles. The van der Waals surface area contributed by atoms with Gasteiger partial charge in [-0.2, -0.15) is 0 Å². The molecular weight excluding hydrogens is 302 g/mol. The van der Waals surface area contributed by atoms with E-state index in [1.54, 1.807) is 11.8 Å². The molecule has 0 unspecified atom stereocenters. The molecule has 0 fully saturated rings. The topological polar surface area (TPSA) is 46.2 Å². The monoisotopic (exact) mass is 321 g/mol. The molecule has 0 heterocycles. The maximum atomic E-state index is 12.0. The maximum absolute atomic E-state index is 12.0. The first kappa shape index (κ1) is 16.1. The van der Waals surface area contributed by atoms with Crippen LogP contribution < -0.4 is 4.72 Å². The van der Waals surface area contributed by atoms with Crippen LogP contribution in [0.2, 0.25) is 0 Å². The SMILES string of the molecule is CCSc1ccc(CNS(=O)(=O)Cc2ccccc2)cc1. The van der Waals surface area contributed by atoms with Gasteiger partial charge in [-0.15, -0.1) is 11.8 Å². The van der Waals surface area contributed by atoms with Crippen molar-refractivity contribution in [1.82, 2.24) is 4.72 Å². The Balaban J connectivity index is 1.92. The molecule has 0 aromatic heterocycles. The standard InChI is InChI=1S/C16H19NO2S2/c1-2-20-16-10-8-14(9-11-16)12-17-21(18,19)13-15-6-4-3-5-7-15/h3-11,17H,2,12-13H2,1H3. The second-order valence-electron chi connectivity index (χ2n) is 4.64. The lowest BCUT2D eigenvalue weighted by Gasteiger charge is -2.07. The number of thioether (sulfide) groups is 1. The quantitative estimate of drug-likeness (QED) is 0.795. The predicted octanol–water partition coefficient (Wildman–Crippen LogP) is 3.42. The summed E-state index contributed by atoms with van der Waals surface area (Å²) < 4.78 is 26.7. The molecule has 0 saturated carbocycles. The van der Waals surface area contributed by atoms with Crippen LogP contribution in [-0.2, 0) is 22.3 Å². The fourth-order valence-electron chi connectivity index (χ4n) is 1.91. The Hall–Kier alpha value is -1.30. The first-order valence-corrected chi connectivity index (χ1v) is 9.46. The fourth-order valence-corrected chi connectivity index (χ4v) is 3.69. The average molecular weight is 321 g/mol. The van der Waals surface area contributed by atoms with E-state index < -0.39 is 10.0 Å². The summed E-state index contributed by atoms with van der Waals surface area (Å²) >= 11 is 1.77. The minimum absolute atomic E-state index is 0.0115. The number of hydrogen-bond donors (Lipinski definition) is 1. The first-order valence-electron chi connectivity index (χ1n) is 6.82. The summed E-state index contributed by atoms with van der Waals surface area (Å²) in [5.74, 6) is 1.04. The highest BCUT2D eigenvalue weighted by Gasteiger charge is 2.10. The number of hydrogen-bond acceptors (Lipinski definition) is 3. The molecule has 3 nitrogen and oxygen atoms in total. The zero-order valence-electron chi connectivity index (χ0n) is 12.0. The van der Waals surface area contributed by atoms with Gasteiger partial charge in [0.25, 0.3) is 0 Å². The van der Waals surface area contributed by atoms with Gasteiger partial charge in [0, 0.05) is 11.4 Å². The van der Waals surface area contributed by atoms with Gasteiger partial charge in [0.2, 0.25) is 10.0 Å². The zero-order chi connectivity index (χ0) is 15.1. The molecule has 1 N–H and O–H groups in total. The normalized spacial score (nSPS) is 11.5. The van der Waals surface area contributed by atoms with Crippen LogP contribution in [0, 0.1) is 0 Å². The summed E-state index contributed by atoms with van der Waals surface area (Å²) in [5, 5.41) is 0. The third-order valence-electron chi connectivity index (χ3n) is 2.93. The number of nitrogens with one attached hydrogen (secondary N) is 1. The molecule has 0 aliphatic carbocycles. The lowest BCUT2D eigenvalue weighted by molar-refractivity contribution is 0.580. The summed E-state index contributed by atoms with van der Waals surface area (Å²) in [6.45, 7) is 2.43. The molecule has 0 bridgehead atoms. The van der Waals surface area contributed by atoms with E-state index in [0.29, 0.717) is 6.54 Å². The molecule has 5 heteroatoms. The summed E-state index contributed by atoms with van der Waals surface area (Å²) in [5.41, 5.74) is 1.76. The van der Waals surface area contributed by atoms with Crippen LogP contribution in [0.5, 0.6) is 0 Å². The molecule has 0 atom stereocenters. The van der Waals surface area contributed by atoms with E-state index in [4.69, 9.17) is 0 Å². The summed E-state index contributed by atoms with van der Waals surface area (Å²) in [4.78, 5) is 1.20. The van der Waals surface area contributed by atoms with Gasteiger partial charge in [0.05, 0.1) is 5.75 Å². The second kappa shape index (κ2) is 7.64. The molecule has 112 valence electrons. The smallest absolute Gasteiger partial charge is 0.212 e. The van der Waals surface area contributed by atoms with Crippen molar-refractivity contribution in [3.63, 3.8) is 0 Å². The third-order valence-corrected chi connectivity index (χ3v) is 5.12. The van der Waals surface area contributed by atoms with Gasteiger partial charge in [-0.25, -0.2) is 13.1 Å². The highest BCUT2D eigenvalue weighted by atomic mass is 32.2. The van der Waals surface area contributed by atoms with Crippen LogP contribution in [0.15, 0.2) is 59.5 Å². The summed E-state index contributed by atoms with van der Waals surface area (Å²) in [7, 11) is -3.31. The van der Waals surface area contributed by atoms with Crippen LogP contribution in [0.4, 0.5) is 0 Å². The van der Waals surface area contributed by atoms with E-state index in [1.807, 2.05) is 54.6 Å². The van der Waals surface area contributed by atoms with Crippen molar-refractivity contribution in [2.24, 2.45) is 0 Å². The lowest BCUT2D eigenvalue weighted by Crippen LogP contribution is -2.24. The Labute approximate surface area is 130 Å². The Morgan fingerprint density at radius 1 is 0.952 bits per heavy atom. The summed E-state index contributed by atoms with van der Waals surface area (Å²) in [6, 6.07) is 17.2. The molecule has 0 saturated heterocycles. The molecule has 0 aliphatic heterocycles. The zero-order valence-corrected chi connectivity index (χ0v) is 13.6. The predicted molar refractivity (Wildman–Crippen MR) is 88.7 cm³/mol. The molecule has 0 radical (unpaired) electrons. The van der Waals surface area contributed by atoms with Gasteiger partial charge in [0.1, 0.15) is 0 Å². The largest absolute Gasteiger partial charge is 0.216 e. The minimum atomic E-state index is -3.31. The van der Waals surface area contributed by atoms with E-state index >= 15 is 0 Å². The average Bonchev–Trinajstić information content (AvgIpc) is 2.48. The van der Waals surface area contributed by atoms with Crippen LogP contribution in [0.1, 0.15) is 18.1 Å². The Kier molecular flexibility index (Phi) is 5.85. The Morgan fingerprint density at radius 2 is 1.62 bits per heavy atom. The molecule has 0 spiro atoms. The molecule has 0 aliphatic rings. The van der Waals surface area contributed by atoms with E-state index in [9.17, 15) is 8.42 Å². The molecule has 2 rings (SSSR count). The highest BCUT2D eigenvalue weighted by Crippen LogP contribution is 2.17. The van der Waals surface area contributed by atoms with E-state index in [0.717, 1.165) is 16.9 Å². The van der Waals surface area contributed by atoms with Crippen LogP contribution in [0.25, 0.3) is 0 Å². The van der Waals surface area contributed by atoms with Crippen molar-refractivity contribution in [2.45, 2.75) is 24.1 Å². The third kappa shape index (κ3) is 5.53. The Bertz CT molecular complexity index is 652.